The second-order valence-electron chi connectivity index (χ2n) is 6.59. The second kappa shape index (κ2) is 10.3. The van der Waals surface area contributed by atoms with Crippen molar-refractivity contribution in [2.45, 2.75) is 39.5 Å². The summed E-state index contributed by atoms with van der Waals surface area (Å²) in [6.45, 7) is 5.70. The summed E-state index contributed by atoms with van der Waals surface area (Å²) < 4.78 is 5.08. The Hall–Kier alpha value is -2.86. The summed E-state index contributed by atoms with van der Waals surface area (Å²) in [6, 6.07) is 18.8. The molecule has 0 saturated carbocycles. The van der Waals surface area contributed by atoms with Gasteiger partial charge in [-0.3, -0.25) is 9.63 Å². The van der Waals surface area contributed by atoms with Crippen LogP contribution >= 0.6 is 0 Å². The zero-order valence-electron chi connectivity index (χ0n) is 15.8. The maximum absolute atomic E-state index is 12.5. The van der Waals surface area contributed by atoms with Gasteiger partial charge in [-0.2, -0.15) is 5.48 Å². The summed E-state index contributed by atoms with van der Waals surface area (Å²) in [5, 5.41) is 2.90. The number of ether oxygens (including phenoxy) is 1. The molecule has 2 rings (SSSR count). The first-order valence-corrected chi connectivity index (χ1v) is 8.95. The van der Waals surface area contributed by atoms with Crippen LogP contribution in [-0.4, -0.2) is 18.1 Å². The number of carbonyl (C=O) groups is 2. The van der Waals surface area contributed by atoms with E-state index in [1.54, 1.807) is 0 Å². The molecule has 0 bridgehead atoms. The van der Waals surface area contributed by atoms with Gasteiger partial charge in [-0.1, -0.05) is 74.5 Å². The molecule has 0 unspecified atom stereocenters. The monoisotopic (exact) mass is 370 g/mol. The van der Waals surface area contributed by atoms with Crippen molar-refractivity contribution in [3.63, 3.8) is 0 Å². The van der Waals surface area contributed by atoms with Gasteiger partial charge in [0.05, 0.1) is 6.04 Å². The van der Waals surface area contributed by atoms with E-state index in [1.807, 2.05) is 81.4 Å². The van der Waals surface area contributed by atoms with Crippen LogP contribution < -0.4 is 10.8 Å². The summed E-state index contributed by atoms with van der Waals surface area (Å²) >= 11 is 0. The molecule has 2 N–H and O–H groups in total. The van der Waals surface area contributed by atoms with E-state index in [0.29, 0.717) is 0 Å². The molecule has 144 valence electrons. The van der Waals surface area contributed by atoms with Crippen LogP contribution in [0.5, 0.6) is 0 Å². The second-order valence-corrected chi connectivity index (χ2v) is 6.59. The van der Waals surface area contributed by atoms with Crippen LogP contribution in [0.3, 0.4) is 0 Å². The van der Waals surface area contributed by atoms with Crippen molar-refractivity contribution in [1.29, 1.82) is 0 Å². The Morgan fingerprint density at radius 3 is 2.11 bits per heavy atom. The number of nitrogens with one attached hydrogen (secondary N) is 2. The normalized spacial score (nSPS) is 12.9. The Labute approximate surface area is 159 Å². The first-order valence-electron chi connectivity index (χ1n) is 8.95. The zero-order valence-corrected chi connectivity index (χ0v) is 15.8. The molecule has 2 amide bonds. The predicted molar refractivity (Wildman–Crippen MR) is 102 cm³/mol. The van der Waals surface area contributed by atoms with E-state index >= 15 is 0 Å². The number of rotatable bonds is 8. The van der Waals surface area contributed by atoms with E-state index in [0.717, 1.165) is 11.1 Å². The van der Waals surface area contributed by atoms with Gasteiger partial charge in [0, 0.05) is 0 Å². The van der Waals surface area contributed by atoms with Gasteiger partial charge in [0.1, 0.15) is 6.61 Å². The van der Waals surface area contributed by atoms with Crippen LogP contribution in [0.1, 0.15) is 37.9 Å². The minimum absolute atomic E-state index is 0.125. The molecule has 0 fully saturated rings. The van der Waals surface area contributed by atoms with Gasteiger partial charge in [-0.25, -0.2) is 4.79 Å². The lowest BCUT2D eigenvalue weighted by molar-refractivity contribution is -0.141. The van der Waals surface area contributed by atoms with Crippen LogP contribution in [-0.2, 0) is 21.0 Å². The van der Waals surface area contributed by atoms with E-state index in [1.165, 1.54) is 0 Å². The topological polar surface area (TPSA) is 76.7 Å². The molecule has 0 saturated heterocycles. The molecule has 0 aliphatic rings. The molecule has 2 aromatic carbocycles. The van der Waals surface area contributed by atoms with Crippen LogP contribution in [0.15, 0.2) is 60.7 Å². The van der Waals surface area contributed by atoms with E-state index < -0.39 is 12.2 Å². The lowest BCUT2D eigenvalue weighted by atomic mass is 10.0. The SMILES string of the molecule is CC(C)[C@H](ONC(=O)OCc1ccccc1)C(=O)N[C@@H](C)c1ccccc1. The zero-order chi connectivity index (χ0) is 19.6. The first-order chi connectivity index (χ1) is 13.0. The van der Waals surface area contributed by atoms with Crippen LogP contribution in [0.4, 0.5) is 4.79 Å². The minimum atomic E-state index is -0.833. The van der Waals surface area contributed by atoms with Gasteiger partial charge in [-0.05, 0) is 24.0 Å². The highest BCUT2D eigenvalue weighted by Gasteiger charge is 2.26. The molecular weight excluding hydrogens is 344 g/mol. The summed E-state index contributed by atoms with van der Waals surface area (Å²) in [5.41, 5.74) is 4.06. The Morgan fingerprint density at radius 2 is 1.52 bits per heavy atom. The smallest absolute Gasteiger partial charge is 0.431 e. The van der Waals surface area contributed by atoms with Crippen molar-refractivity contribution in [3.8, 4) is 0 Å². The van der Waals surface area contributed by atoms with Crippen molar-refractivity contribution in [2.24, 2.45) is 5.92 Å². The van der Waals surface area contributed by atoms with Crippen LogP contribution in [0.2, 0.25) is 0 Å². The minimum Gasteiger partial charge on any atom is -0.443 e. The highest BCUT2D eigenvalue weighted by atomic mass is 16.7. The van der Waals surface area contributed by atoms with Gasteiger partial charge < -0.3 is 10.1 Å². The number of hydrogen-bond acceptors (Lipinski definition) is 4. The van der Waals surface area contributed by atoms with Crippen molar-refractivity contribution in [1.82, 2.24) is 10.8 Å². The lowest BCUT2D eigenvalue weighted by Gasteiger charge is -2.23. The van der Waals surface area contributed by atoms with Crippen LogP contribution in [0.25, 0.3) is 0 Å². The summed E-state index contributed by atoms with van der Waals surface area (Å²) in [6.07, 6.45) is -1.58. The summed E-state index contributed by atoms with van der Waals surface area (Å²) in [7, 11) is 0. The summed E-state index contributed by atoms with van der Waals surface area (Å²) in [4.78, 5) is 29.7. The Bertz CT molecular complexity index is 719. The van der Waals surface area contributed by atoms with Gasteiger partial charge >= 0.3 is 6.09 Å². The van der Waals surface area contributed by atoms with Crippen molar-refractivity contribution in [3.05, 3.63) is 71.8 Å². The third kappa shape index (κ3) is 6.75. The molecule has 0 radical (unpaired) electrons. The number of benzene rings is 2. The number of hydroxylamine groups is 1. The first kappa shape index (κ1) is 20.5. The van der Waals surface area contributed by atoms with Gasteiger partial charge in [0.15, 0.2) is 6.10 Å². The van der Waals surface area contributed by atoms with Gasteiger partial charge in [0.25, 0.3) is 5.91 Å². The Balaban J connectivity index is 1.83. The Morgan fingerprint density at radius 1 is 0.926 bits per heavy atom. The predicted octanol–water partition coefficient (Wildman–Crippen LogP) is 3.75. The molecule has 0 aromatic heterocycles. The number of hydrogen-bond donors (Lipinski definition) is 2. The molecule has 0 aliphatic heterocycles. The number of carbonyl (C=O) groups excluding carboxylic acids is 2. The lowest BCUT2D eigenvalue weighted by Crippen LogP contribution is -2.44. The van der Waals surface area contributed by atoms with E-state index in [-0.39, 0.29) is 24.5 Å². The highest BCUT2D eigenvalue weighted by molar-refractivity contribution is 5.81. The average Bonchev–Trinajstić information content (AvgIpc) is 2.67. The number of amides is 2. The van der Waals surface area contributed by atoms with Crippen molar-refractivity contribution in [2.75, 3.05) is 0 Å². The van der Waals surface area contributed by atoms with E-state index in [9.17, 15) is 9.59 Å². The molecule has 2 atom stereocenters. The molecule has 27 heavy (non-hydrogen) atoms. The van der Waals surface area contributed by atoms with Gasteiger partial charge in [-0.15, -0.1) is 0 Å². The fourth-order valence-electron chi connectivity index (χ4n) is 2.48. The third-order valence-corrected chi connectivity index (χ3v) is 4.00. The Kier molecular flexibility index (Phi) is 7.82. The van der Waals surface area contributed by atoms with E-state index in [4.69, 9.17) is 9.57 Å². The largest absolute Gasteiger partial charge is 0.443 e. The fourth-order valence-corrected chi connectivity index (χ4v) is 2.48. The molecule has 2 aromatic rings. The van der Waals surface area contributed by atoms with E-state index in [2.05, 4.69) is 10.8 Å². The molecular formula is C21H26N2O4. The highest BCUT2D eigenvalue weighted by Crippen LogP contribution is 2.13. The van der Waals surface area contributed by atoms with Crippen LogP contribution in [0, 0.1) is 5.92 Å². The summed E-state index contributed by atoms with van der Waals surface area (Å²) in [5.74, 6) is -0.438. The van der Waals surface area contributed by atoms with Gasteiger partial charge in [0.2, 0.25) is 0 Å². The average molecular weight is 370 g/mol. The molecule has 6 heteroatoms. The maximum Gasteiger partial charge on any atom is 0.431 e. The van der Waals surface area contributed by atoms with Crippen molar-refractivity contribution >= 4 is 12.0 Å². The maximum atomic E-state index is 12.5. The molecule has 6 nitrogen and oxygen atoms in total. The molecule has 0 heterocycles. The third-order valence-electron chi connectivity index (χ3n) is 4.00. The quantitative estimate of drug-likeness (QED) is 0.694. The molecule has 0 spiro atoms. The van der Waals surface area contributed by atoms with Crippen molar-refractivity contribution < 1.29 is 19.2 Å². The fraction of sp³-hybridized carbons (Fsp3) is 0.333. The molecule has 0 aliphatic carbocycles. The standard InChI is InChI=1S/C21H26N2O4/c1-15(2)19(20(24)22-16(3)18-12-8-5-9-13-18)27-23-21(25)26-14-17-10-6-4-7-11-17/h4-13,15-16,19H,14H2,1-3H3,(H,22,24)(H,23,25)/t16-,19-/m0/s1.